The molecule has 0 aromatic carbocycles. The van der Waals surface area contributed by atoms with Crippen molar-refractivity contribution in [2.45, 2.75) is 25.0 Å². The first kappa shape index (κ1) is 4.41. The van der Waals surface area contributed by atoms with Crippen LogP contribution in [0.25, 0.3) is 0 Å². The maximum atomic E-state index is 5.43. The second-order valence-electron chi connectivity index (χ2n) is 1.43. The van der Waals surface area contributed by atoms with Crippen molar-refractivity contribution in [3.63, 3.8) is 0 Å². The molecule has 2 heteroatoms. The van der Waals surface area contributed by atoms with E-state index >= 15 is 0 Å². The SMILES string of the molecule is CCC1O[C@@H]1Cl. The van der Waals surface area contributed by atoms with Crippen molar-refractivity contribution in [2.24, 2.45) is 0 Å². The fourth-order valence-corrected chi connectivity index (χ4v) is 0.713. The van der Waals surface area contributed by atoms with E-state index in [4.69, 9.17) is 16.3 Å². The molecule has 1 saturated heterocycles. The van der Waals surface area contributed by atoms with Gasteiger partial charge in [-0.25, -0.2) is 0 Å². The summed E-state index contributed by atoms with van der Waals surface area (Å²) in [6.45, 7) is 2.06. The van der Waals surface area contributed by atoms with Crippen LogP contribution in [0.2, 0.25) is 0 Å². The van der Waals surface area contributed by atoms with Gasteiger partial charge in [0.2, 0.25) is 0 Å². The highest BCUT2D eigenvalue weighted by Crippen LogP contribution is 2.27. The summed E-state index contributed by atoms with van der Waals surface area (Å²) in [6.07, 6.45) is 1.42. The molecule has 6 heavy (non-hydrogen) atoms. The fraction of sp³-hybridized carbons (Fsp3) is 1.00. The van der Waals surface area contributed by atoms with Gasteiger partial charge in [-0.05, 0) is 6.42 Å². The number of hydrogen-bond donors (Lipinski definition) is 0. The van der Waals surface area contributed by atoms with Crippen LogP contribution in [-0.2, 0) is 4.74 Å². The molecule has 0 radical (unpaired) electrons. The second kappa shape index (κ2) is 1.39. The summed E-state index contributed by atoms with van der Waals surface area (Å²) in [6, 6.07) is 0. The molecule has 0 spiro atoms. The maximum Gasteiger partial charge on any atom is 0.157 e. The molecule has 2 atom stereocenters. The Balaban J connectivity index is 2.09. The van der Waals surface area contributed by atoms with Crippen molar-refractivity contribution < 1.29 is 4.74 Å². The van der Waals surface area contributed by atoms with Gasteiger partial charge in [-0.1, -0.05) is 18.5 Å². The van der Waals surface area contributed by atoms with E-state index in [1.165, 1.54) is 0 Å². The molecule has 0 saturated carbocycles. The lowest BCUT2D eigenvalue weighted by atomic mass is 10.4. The molecule has 0 aromatic heterocycles. The van der Waals surface area contributed by atoms with Gasteiger partial charge >= 0.3 is 0 Å². The Morgan fingerprint density at radius 2 is 2.33 bits per heavy atom. The predicted molar refractivity (Wildman–Crippen MR) is 24.8 cm³/mol. The number of alkyl halides is 1. The molecule has 0 amide bonds. The Kier molecular flexibility index (Phi) is 1.02. The van der Waals surface area contributed by atoms with E-state index in [2.05, 4.69) is 6.92 Å². The van der Waals surface area contributed by atoms with Crippen LogP contribution in [0.3, 0.4) is 0 Å². The van der Waals surface area contributed by atoms with E-state index in [-0.39, 0.29) is 5.56 Å². The molecule has 1 unspecified atom stereocenters. The van der Waals surface area contributed by atoms with Crippen molar-refractivity contribution in [3.8, 4) is 0 Å². The summed E-state index contributed by atoms with van der Waals surface area (Å²) in [5.74, 6) is 0. The molecule has 1 rings (SSSR count). The van der Waals surface area contributed by atoms with E-state index in [0.717, 1.165) is 6.42 Å². The van der Waals surface area contributed by atoms with Gasteiger partial charge in [0.1, 0.15) is 0 Å². The molecule has 1 heterocycles. The summed E-state index contributed by atoms with van der Waals surface area (Å²) < 4.78 is 4.83. The quantitative estimate of drug-likeness (QED) is 0.363. The fourth-order valence-electron chi connectivity index (χ4n) is 0.403. The Morgan fingerprint density at radius 3 is 2.33 bits per heavy atom. The van der Waals surface area contributed by atoms with Crippen LogP contribution in [0.4, 0.5) is 0 Å². The molecule has 0 bridgehead atoms. The largest absolute Gasteiger partial charge is 0.352 e. The summed E-state index contributed by atoms with van der Waals surface area (Å²) in [5.41, 5.74) is 0.0370. The highest BCUT2D eigenvalue weighted by atomic mass is 35.5. The molecular weight excluding hydrogens is 99.5 g/mol. The predicted octanol–water partition coefficient (Wildman–Crippen LogP) is 1.36. The van der Waals surface area contributed by atoms with Crippen LogP contribution in [0, 0.1) is 0 Å². The molecular formula is C4H7ClO. The van der Waals surface area contributed by atoms with Crippen LogP contribution in [-0.4, -0.2) is 11.7 Å². The first-order valence-electron chi connectivity index (χ1n) is 2.14. The number of epoxide rings is 1. The van der Waals surface area contributed by atoms with Crippen LogP contribution < -0.4 is 0 Å². The van der Waals surface area contributed by atoms with E-state index in [9.17, 15) is 0 Å². The highest BCUT2D eigenvalue weighted by molar-refractivity contribution is 6.21. The Labute approximate surface area is 42.2 Å². The summed E-state index contributed by atoms with van der Waals surface area (Å²) in [5, 5.41) is 0. The first-order chi connectivity index (χ1) is 2.84. The van der Waals surface area contributed by atoms with Gasteiger partial charge in [0.25, 0.3) is 0 Å². The number of ether oxygens (including phenoxy) is 1. The maximum absolute atomic E-state index is 5.43. The Hall–Kier alpha value is 0.250. The van der Waals surface area contributed by atoms with Crippen molar-refractivity contribution in [3.05, 3.63) is 0 Å². The molecule has 0 N–H and O–H groups in total. The third-order valence-corrected chi connectivity index (χ3v) is 1.31. The summed E-state index contributed by atoms with van der Waals surface area (Å²) in [4.78, 5) is 0. The third kappa shape index (κ3) is 0.660. The Bertz CT molecular complexity index is 53.5. The van der Waals surface area contributed by atoms with Gasteiger partial charge < -0.3 is 4.74 Å². The van der Waals surface area contributed by atoms with Crippen LogP contribution in [0.1, 0.15) is 13.3 Å². The molecule has 36 valence electrons. The number of rotatable bonds is 1. The summed E-state index contributed by atoms with van der Waals surface area (Å²) >= 11 is 5.43. The number of halogens is 1. The lowest BCUT2D eigenvalue weighted by Gasteiger charge is -1.71. The van der Waals surface area contributed by atoms with Crippen LogP contribution in [0.5, 0.6) is 0 Å². The normalized spacial score (nSPS) is 43.0. The van der Waals surface area contributed by atoms with E-state index < -0.39 is 0 Å². The average molecular weight is 107 g/mol. The molecule has 1 nitrogen and oxygen atoms in total. The smallest absolute Gasteiger partial charge is 0.157 e. The minimum Gasteiger partial charge on any atom is -0.352 e. The van der Waals surface area contributed by atoms with E-state index in [1.54, 1.807) is 0 Å². The third-order valence-electron chi connectivity index (χ3n) is 0.923. The van der Waals surface area contributed by atoms with Gasteiger partial charge in [-0.2, -0.15) is 0 Å². The average Bonchev–Trinajstić information content (AvgIpc) is 2.19. The van der Waals surface area contributed by atoms with E-state index in [0.29, 0.717) is 6.10 Å². The lowest BCUT2D eigenvalue weighted by Crippen LogP contribution is -1.79. The minimum atomic E-state index is 0.0370. The van der Waals surface area contributed by atoms with E-state index in [1.807, 2.05) is 0 Å². The Morgan fingerprint density at radius 1 is 1.83 bits per heavy atom. The number of hydrogen-bond acceptors (Lipinski definition) is 1. The van der Waals surface area contributed by atoms with Crippen molar-refractivity contribution in [1.29, 1.82) is 0 Å². The van der Waals surface area contributed by atoms with Crippen LogP contribution in [0.15, 0.2) is 0 Å². The molecule has 0 aliphatic carbocycles. The minimum absolute atomic E-state index is 0.0370. The zero-order valence-corrected chi connectivity index (χ0v) is 4.40. The van der Waals surface area contributed by atoms with Gasteiger partial charge in [0, 0.05) is 0 Å². The van der Waals surface area contributed by atoms with Gasteiger partial charge in [-0.3, -0.25) is 0 Å². The van der Waals surface area contributed by atoms with Gasteiger partial charge in [0.15, 0.2) is 5.56 Å². The van der Waals surface area contributed by atoms with Crippen LogP contribution >= 0.6 is 11.6 Å². The lowest BCUT2D eigenvalue weighted by molar-refractivity contribution is 0.394. The highest BCUT2D eigenvalue weighted by Gasteiger charge is 2.34. The summed E-state index contributed by atoms with van der Waals surface area (Å²) in [7, 11) is 0. The topological polar surface area (TPSA) is 12.5 Å². The van der Waals surface area contributed by atoms with Crippen molar-refractivity contribution in [2.75, 3.05) is 0 Å². The second-order valence-corrected chi connectivity index (χ2v) is 1.86. The van der Waals surface area contributed by atoms with Crippen molar-refractivity contribution >= 4 is 11.6 Å². The monoisotopic (exact) mass is 106 g/mol. The standard InChI is InChI=1S/C4H7ClO/c1-2-3-4(5)6-3/h3-4H,2H2,1H3/t3?,4-/m0/s1. The molecule has 1 aliphatic rings. The first-order valence-corrected chi connectivity index (χ1v) is 2.57. The van der Waals surface area contributed by atoms with Gasteiger partial charge in [-0.15, -0.1) is 0 Å². The zero-order valence-electron chi connectivity index (χ0n) is 3.65. The van der Waals surface area contributed by atoms with Gasteiger partial charge in [0.05, 0.1) is 6.10 Å². The zero-order chi connectivity index (χ0) is 4.57. The molecule has 0 aromatic rings. The molecule has 1 fully saturated rings. The van der Waals surface area contributed by atoms with Crippen molar-refractivity contribution in [1.82, 2.24) is 0 Å². The molecule has 1 aliphatic heterocycles.